The third-order valence-corrected chi connectivity index (χ3v) is 3.28. The SMILES string of the molecule is Cc1ccc(C=C2NC(=O)N(c3ccccc3)C2=O)cc1. The monoisotopic (exact) mass is 278 g/mol. The van der Waals surface area contributed by atoms with Gasteiger partial charge in [-0.05, 0) is 30.7 Å². The normalized spacial score (nSPS) is 16.4. The number of aryl methyl sites for hydroxylation is 1. The van der Waals surface area contributed by atoms with Gasteiger partial charge in [-0.3, -0.25) is 4.79 Å². The number of rotatable bonds is 2. The van der Waals surface area contributed by atoms with Gasteiger partial charge in [-0.2, -0.15) is 0 Å². The Bertz CT molecular complexity index is 718. The molecule has 1 saturated heterocycles. The maximum absolute atomic E-state index is 12.4. The number of carbonyl (C=O) groups is 2. The number of amides is 3. The fraction of sp³-hybridized carbons (Fsp3) is 0.0588. The van der Waals surface area contributed by atoms with Crippen LogP contribution in [0.1, 0.15) is 11.1 Å². The van der Waals surface area contributed by atoms with Crippen molar-refractivity contribution in [1.29, 1.82) is 0 Å². The number of urea groups is 1. The number of hydrogen-bond acceptors (Lipinski definition) is 2. The lowest BCUT2D eigenvalue weighted by atomic mass is 10.1. The molecule has 0 spiro atoms. The third-order valence-electron chi connectivity index (χ3n) is 3.28. The lowest BCUT2D eigenvalue weighted by Crippen LogP contribution is -2.30. The molecule has 3 amide bonds. The minimum absolute atomic E-state index is 0.285. The molecule has 0 radical (unpaired) electrons. The zero-order chi connectivity index (χ0) is 14.8. The smallest absolute Gasteiger partial charge is 0.302 e. The van der Waals surface area contributed by atoms with Crippen LogP contribution in [0.25, 0.3) is 6.08 Å². The average molecular weight is 278 g/mol. The van der Waals surface area contributed by atoms with E-state index >= 15 is 0 Å². The van der Waals surface area contributed by atoms with Crippen molar-refractivity contribution < 1.29 is 9.59 Å². The second kappa shape index (κ2) is 5.25. The minimum Gasteiger partial charge on any atom is -0.302 e. The summed E-state index contributed by atoms with van der Waals surface area (Å²) in [5, 5.41) is 2.61. The van der Waals surface area contributed by atoms with E-state index in [1.165, 1.54) is 0 Å². The van der Waals surface area contributed by atoms with Crippen LogP contribution in [0.3, 0.4) is 0 Å². The number of benzene rings is 2. The third kappa shape index (κ3) is 2.56. The van der Waals surface area contributed by atoms with Crippen molar-refractivity contribution in [1.82, 2.24) is 5.32 Å². The largest absolute Gasteiger partial charge is 0.333 e. The quantitative estimate of drug-likeness (QED) is 0.678. The molecule has 1 aliphatic heterocycles. The van der Waals surface area contributed by atoms with E-state index in [1.54, 1.807) is 30.3 Å². The van der Waals surface area contributed by atoms with Gasteiger partial charge in [0.15, 0.2) is 0 Å². The first-order valence-electron chi connectivity index (χ1n) is 6.64. The van der Waals surface area contributed by atoms with Gasteiger partial charge >= 0.3 is 6.03 Å². The van der Waals surface area contributed by atoms with Crippen molar-refractivity contribution in [3.63, 3.8) is 0 Å². The van der Waals surface area contributed by atoms with E-state index in [0.29, 0.717) is 5.69 Å². The van der Waals surface area contributed by atoms with Crippen molar-refractivity contribution in [2.45, 2.75) is 6.92 Å². The Morgan fingerprint density at radius 3 is 2.29 bits per heavy atom. The predicted octanol–water partition coefficient (Wildman–Crippen LogP) is 3.09. The Kier molecular flexibility index (Phi) is 3.28. The van der Waals surface area contributed by atoms with Gasteiger partial charge in [-0.15, -0.1) is 0 Å². The van der Waals surface area contributed by atoms with Crippen molar-refractivity contribution in [3.05, 3.63) is 71.4 Å². The molecule has 1 aliphatic rings. The molecule has 0 bridgehead atoms. The number of anilines is 1. The Labute approximate surface area is 122 Å². The highest BCUT2D eigenvalue weighted by Crippen LogP contribution is 2.21. The van der Waals surface area contributed by atoms with E-state index < -0.39 is 6.03 Å². The summed E-state index contributed by atoms with van der Waals surface area (Å²) in [5.41, 5.74) is 2.86. The summed E-state index contributed by atoms with van der Waals surface area (Å²) in [6, 6.07) is 16.2. The molecule has 104 valence electrons. The molecule has 1 N–H and O–H groups in total. The topological polar surface area (TPSA) is 49.4 Å². The maximum atomic E-state index is 12.4. The molecule has 0 atom stereocenters. The lowest BCUT2D eigenvalue weighted by molar-refractivity contribution is -0.113. The molecule has 1 fully saturated rings. The summed E-state index contributed by atoms with van der Waals surface area (Å²) in [4.78, 5) is 25.5. The zero-order valence-electron chi connectivity index (χ0n) is 11.5. The molecule has 2 aromatic rings. The van der Waals surface area contributed by atoms with Crippen LogP contribution in [-0.2, 0) is 4.79 Å². The number of para-hydroxylation sites is 1. The first-order valence-corrected chi connectivity index (χ1v) is 6.64. The molecule has 0 unspecified atom stereocenters. The highest BCUT2D eigenvalue weighted by Gasteiger charge is 2.34. The van der Waals surface area contributed by atoms with Gasteiger partial charge in [-0.25, -0.2) is 9.69 Å². The van der Waals surface area contributed by atoms with Gasteiger partial charge in [0, 0.05) is 0 Å². The number of hydrogen-bond donors (Lipinski definition) is 1. The fourth-order valence-corrected chi connectivity index (χ4v) is 2.18. The average Bonchev–Trinajstić information content (AvgIpc) is 2.77. The van der Waals surface area contributed by atoms with Crippen LogP contribution in [0.4, 0.5) is 10.5 Å². The minimum atomic E-state index is -0.426. The first kappa shape index (κ1) is 13.1. The van der Waals surface area contributed by atoms with Crippen molar-refractivity contribution >= 4 is 23.7 Å². The lowest BCUT2D eigenvalue weighted by Gasteiger charge is -2.10. The highest BCUT2D eigenvalue weighted by molar-refractivity contribution is 6.28. The molecule has 4 nitrogen and oxygen atoms in total. The number of imide groups is 1. The summed E-state index contributed by atoms with van der Waals surface area (Å²) in [7, 11) is 0. The molecule has 21 heavy (non-hydrogen) atoms. The molecule has 1 heterocycles. The number of nitrogens with one attached hydrogen (secondary N) is 1. The second-order valence-corrected chi connectivity index (χ2v) is 4.87. The van der Waals surface area contributed by atoms with Crippen LogP contribution in [0.15, 0.2) is 60.3 Å². The second-order valence-electron chi connectivity index (χ2n) is 4.87. The maximum Gasteiger partial charge on any atom is 0.333 e. The number of nitrogens with zero attached hydrogens (tertiary/aromatic N) is 1. The van der Waals surface area contributed by atoms with Crippen LogP contribution in [-0.4, -0.2) is 11.9 Å². The molecular formula is C17H14N2O2. The van der Waals surface area contributed by atoms with Crippen molar-refractivity contribution in [2.24, 2.45) is 0 Å². The van der Waals surface area contributed by atoms with Crippen molar-refractivity contribution in [2.75, 3.05) is 4.90 Å². The van der Waals surface area contributed by atoms with E-state index in [9.17, 15) is 9.59 Å². The van der Waals surface area contributed by atoms with Gasteiger partial charge in [0.25, 0.3) is 5.91 Å². The Balaban J connectivity index is 1.92. The van der Waals surface area contributed by atoms with Crippen molar-refractivity contribution in [3.8, 4) is 0 Å². The van der Waals surface area contributed by atoms with E-state index in [-0.39, 0.29) is 11.6 Å². The highest BCUT2D eigenvalue weighted by atomic mass is 16.2. The fourth-order valence-electron chi connectivity index (χ4n) is 2.18. The Morgan fingerprint density at radius 2 is 1.62 bits per heavy atom. The van der Waals surface area contributed by atoms with Crippen LogP contribution in [0, 0.1) is 6.92 Å². The van der Waals surface area contributed by atoms with Crippen LogP contribution < -0.4 is 10.2 Å². The number of carbonyl (C=O) groups excluding carboxylic acids is 2. The molecule has 2 aromatic carbocycles. The molecular weight excluding hydrogens is 264 g/mol. The van der Waals surface area contributed by atoms with Gasteiger partial charge in [0.1, 0.15) is 5.70 Å². The molecule has 0 aliphatic carbocycles. The summed E-state index contributed by atoms with van der Waals surface area (Å²) in [6.07, 6.45) is 1.68. The van der Waals surface area contributed by atoms with Crippen LogP contribution >= 0.6 is 0 Å². The van der Waals surface area contributed by atoms with E-state index in [4.69, 9.17) is 0 Å². The Morgan fingerprint density at radius 1 is 0.952 bits per heavy atom. The Hall–Kier alpha value is -2.88. The molecule has 0 saturated carbocycles. The van der Waals surface area contributed by atoms with Gasteiger partial charge in [0.2, 0.25) is 0 Å². The summed E-state index contributed by atoms with van der Waals surface area (Å²) in [5.74, 6) is -0.341. The summed E-state index contributed by atoms with van der Waals surface area (Å²) < 4.78 is 0. The molecule has 0 aromatic heterocycles. The molecule has 3 rings (SSSR count). The first-order chi connectivity index (χ1) is 10.1. The molecule has 4 heteroatoms. The van der Waals surface area contributed by atoms with Crippen LogP contribution in [0.5, 0.6) is 0 Å². The van der Waals surface area contributed by atoms with Gasteiger partial charge in [-0.1, -0.05) is 48.0 Å². The zero-order valence-corrected chi connectivity index (χ0v) is 11.5. The summed E-state index contributed by atoms with van der Waals surface area (Å²) in [6.45, 7) is 2.00. The summed E-state index contributed by atoms with van der Waals surface area (Å²) >= 11 is 0. The van der Waals surface area contributed by atoms with Gasteiger partial charge < -0.3 is 5.32 Å². The predicted molar refractivity (Wildman–Crippen MR) is 81.6 cm³/mol. The van der Waals surface area contributed by atoms with Crippen LogP contribution in [0.2, 0.25) is 0 Å². The van der Waals surface area contributed by atoms with Gasteiger partial charge in [0.05, 0.1) is 5.69 Å². The van der Waals surface area contributed by atoms with E-state index in [1.807, 2.05) is 37.3 Å². The standard InChI is InChI=1S/C17H14N2O2/c1-12-7-9-13(10-8-12)11-15-16(20)19(17(21)18-15)14-5-3-2-4-6-14/h2-11H,1H3,(H,18,21). The van der Waals surface area contributed by atoms with E-state index in [2.05, 4.69) is 5.32 Å². The van der Waals surface area contributed by atoms with E-state index in [0.717, 1.165) is 16.0 Å².